The largest absolute Gasteiger partial charge is 0.760 e. The molecule has 0 aliphatic carbocycles. The smallest absolute Gasteiger partial charge is 0.191 e. The average Bonchev–Trinajstić information content (AvgIpc) is 3.01. The van der Waals surface area contributed by atoms with Crippen LogP contribution in [0.15, 0.2) is 40.0 Å². The molecular formula is C16H16FN4O3S-. The molecule has 0 amide bonds. The molecule has 3 unspecified atom stereocenters. The van der Waals surface area contributed by atoms with Gasteiger partial charge in [-0.05, 0) is 36.6 Å². The summed E-state index contributed by atoms with van der Waals surface area (Å²) in [7, 11) is 0. The Balaban J connectivity index is 1.71. The molecule has 3 atom stereocenters. The van der Waals surface area contributed by atoms with Crippen LogP contribution in [0.1, 0.15) is 22.3 Å². The van der Waals surface area contributed by atoms with Gasteiger partial charge in [0.1, 0.15) is 18.3 Å². The number of ketones is 1. The number of Topliss-reactive ketones (excluding diaryl/α,β-unsaturated/α-hetero) is 1. The quantitative estimate of drug-likeness (QED) is 0.426. The number of aryl methyl sites for hydroxylation is 1. The third-order valence-corrected chi connectivity index (χ3v) is 4.43. The second-order valence-electron chi connectivity index (χ2n) is 5.71. The first-order valence-corrected chi connectivity index (χ1v) is 8.80. The third-order valence-electron chi connectivity index (χ3n) is 3.99. The van der Waals surface area contributed by atoms with Crippen molar-refractivity contribution in [1.29, 1.82) is 0 Å². The number of carbonyl (C=O) groups excluding carboxylic acids is 1. The molecule has 0 aromatic heterocycles. The predicted molar refractivity (Wildman–Crippen MR) is 91.5 cm³/mol. The molecule has 0 fully saturated rings. The number of benzene rings is 1. The molecule has 2 N–H and O–H groups in total. The van der Waals surface area contributed by atoms with E-state index in [-0.39, 0.29) is 30.0 Å². The lowest BCUT2D eigenvalue weighted by Gasteiger charge is -2.16. The second kappa shape index (κ2) is 7.77. The lowest BCUT2D eigenvalue weighted by atomic mass is 9.92. The number of rotatable bonds is 7. The Morgan fingerprint density at radius 1 is 1.40 bits per heavy atom. The fourth-order valence-electron chi connectivity index (χ4n) is 2.84. The van der Waals surface area contributed by atoms with Gasteiger partial charge in [-0.3, -0.25) is 9.00 Å². The zero-order valence-corrected chi connectivity index (χ0v) is 14.0. The maximum absolute atomic E-state index is 13.9. The number of fused-ring (bicyclic) bond motifs is 1. The van der Waals surface area contributed by atoms with E-state index in [1.807, 2.05) is 0 Å². The molecule has 2 heterocycles. The Bertz CT molecular complexity index is 794. The van der Waals surface area contributed by atoms with Crippen LogP contribution in [0.2, 0.25) is 0 Å². The zero-order chi connectivity index (χ0) is 17.8. The first-order chi connectivity index (χ1) is 12.0. The first kappa shape index (κ1) is 17.6. The monoisotopic (exact) mass is 363 g/mol. The van der Waals surface area contributed by atoms with Crippen LogP contribution in [-0.2, 0) is 17.7 Å². The lowest BCUT2D eigenvalue weighted by molar-refractivity contribution is 0.102. The Kier molecular flexibility index (Phi) is 5.47. The molecule has 0 radical (unpaired) electrons. The predicted octanol–water partition coefficient (Wildman–Crippen LogP) is 0.867. The van der Waals surface area contributed by atoms with Crippen molar-refractivity contribution < 1.29 is 17.9 Å². The minimum absolute atomic E-state index is 0.247. The normalized spacial score (nSPS) is 22.2. The first-order valence-electron chi connectivity index (χ1n) is 7.72. The number of nitrogens with one attached hydrogen (secondary N) is 2. The van der Waals surface area contributed by atoms with Crippen LogP contribution < -0.4 is 10.0 Å². The van der Waals surface area contributed by atoms with Gasteiger partial charge in [-0.1, -0.05) is 0 Å². The summed E-state index contributed by atoms with van der Waals surface area (Å²) in [5, 5.41) is 3.01. The molecule has 25 heavy (non-hydrogen) atoms. The summed E-state index contributed by atoms with van der Waals surface area (Å²) in [4.78, 5) is 20.9. The van der Waals surface area contributed by atoms with Gasteiger partial charge in [0.2, 0.25) is 0 Å². The Labute approximate surface area is 146 Å². The van der Waals surface area contributed by atoms with Crippen LogP contribution in [0.5, 0.6) is 0 Å². The molecule has 0 saturated heterocycles. The fourth-order valence-corrected chi connectivity index (χ4v) is 3.15. The zero-order valence-electron chi connectivity index (χ0n) is 13.1. The SMILES string of the molecule is O=C(C1=CNC2N=CN=CC12)c1cc(F)cc(CCCNS(=O)[O-])c1. The number of hydrogen-bond donors (Lipinski definition) is 2. The van der Waals surface area contributed by atoms with Gasteiger partial charge in [0, 0.05) is 41.4 Å². The van der Waals surface area contributed by atoms with Gasteiger partial charge < -0.3 is 9.87 Å². The van der Waals surface area contributed by atoms with E-state index in [1.54, 1.807) is 18.5 Å². The van der Waals surface area contributed by atoms with Crippen molar-refractivity contribution >= 4 is 29.6 Å². The summed E-state index contributed by atoms with van der Waals surface area (Å²) in [5.41, 5.74) is 1.39. The minimum atomic E-state index is -2.31. The van der Waals surface area contributed by atoms with E-state index in [0.29, 0.717) is 24.0 Å². The highest BCUT2D eigenvalue weighted by Gasteiger charge is 2.33. The highest BCUT2D eigenvalue weighted by atomic mass is 32.2. The summed E-state index contributed by atoms with van der Waals surface area (Å²) in [6, 6.07) is 4.19. The van der Waals surface area contributed by atoms with Gasteiger partial charge >= 0.3 is 0 Å². The van der Waals surface area contributed by atoms with Gasteiger partial charge in [-0.25, -0.2) is 19.1 Å². The van der Waals surface area contributed by atoms with Gasteiger partial charge in [0.05, 0.1) is 5.92 Å². The number of nitrogens with zero attached hydrogens (tertiary/aromatic N) is 2. The molecule has 1 aromatic carbocycles. The van der Waals surface area contributed by atoms with E-state index in [9.17, 15) is 17.9 Å². The number of hydrogen-bond acceptors (Lipinski definition) is 6. The van der Waals surface area contributed by atoms with Gasteiger partial charge in [0.15, 0.2) is 5.78 Å². The van der Waals surface area contributed by atoms with Crippen molar-refractivity contribution in [2.24, 2.45) is 15.9 Å². The van der Waals surface area contributed by atoms with Crippen molar-refractivity contribution in [2.45, 2.75) is 19.0 Å². The van der Waals surface area contributed by atoms with Gasteiger partial charge in [-0.15, -0.1) is 0 Å². The van der Waals surface area contributed by atoms with Crippen LogP contribution in [0, 0.1) is 11.7 Å². The molecule has 9 heteroatoms. The Morgan fingerprint density at radius 2 is 2.24 bits per heavy atom. The number of halogens is 1. The van der Waals surface area contributed by atoms with E-state index in [2.05, 4.69) is 20.0 Å². The van der Waals surface area contributed by atoms with Crippen LogP contribution in [-0.4, -0.2) is 39.8 Å². The van der Waals surface area contributed by atoms with Crippen LogP contribution in [0.3, 0.4) is 0 Å². The van der Waals surface area contributed by atoms with E-state index in [0.717, 1.165) is 0 Å². The minimum Gasteiger partial charge on any atom is -0.760 e. The summed E-state index contributed by atoms with van der Waals surface area (Å²) < 4.78 is 37.0. The lowest BCUT2D eigenvalue weighted by Crippen LogP contribution is -2.29. The number of carbonyl (C=O) groups is 1. The molecule has 1 aromatic rings. The maximum Gasteiger partial charge on any atom is 0.191 e. The molecule has 0 bridgehead atoms. The molecular weight excluding hydrogens is 347 g/mol. The highest BCUT2D eigenvalue weighted by molar-refractivity contribution is 7.77. The summed E-state index contributed by atoms with van der Waals surface area (Å²) in [6.07, 6.45) is 5.39. The van der Waals surface area contributed by atoms with E-state index in [4.69, 9.17) is 0 Å². The Morgan fingerprint density at radius 3 is 3.04 bits per heavy atom. The van der Waals surface area contributed by atoms with Crippen LogP contribution >= 0.6 is 0 Å². The van der Waals surface area contributed by atoms with Crippen molar-refractivity contribution in [3.63, 3.8) is 0 Å². The highest BCUT2D eigenvalue weighted by Crippen LogP contribution is 2.26. The Hall–Kier alpha value is -2.23. The summed E-state index contributed by atoms with van der Waals surface area (Å²) >= 11 is -2.31. The third kappa shape index (κ3) is 4.25. The molecule has 0 saturated carbocycles. The summed E-state index contributed by atoms with van der Waals surface area (Å²) in [6.45, 7) is 0.253. The van der Waals surface area contributed by atoms with Gasteiger partial charge in [-0.2, -0.15) is 0 Å². The average molecular weight is 363 g/mol. The van der Waals surface area contributed by atoms with E-state index in [1.165, 1.54) is 18.5 Å². The molecule has 2 aliphatic rings. The fraction of sp³-hybridized carbons (Fsp3) is 0.312. The van der Waals surface area contributed by atoms with Crippen LogP contribution in [0.25, 0.3) is 0 Å². The number of aliphatic imine (C=N–C) groups is 2. The van der Waals surface area contributed by atoms with Crippen LogP contribution in [0.4, 0.5) is 4.39 Å². The second-order valence-corrected chi connectivity index (χ2v) is 6.47. The molecule has 7 nitrogen and oxygen atoms in total. The standard InChI is InChI=1S/C16H17FN4O3S/c17-12-5-10(2-1-3-21-25(23)24)4-11(6-12)15(22)13-8-19-16-14(13)7-18-9-20-16/h4-9,14,16,19,21H,1-3H2,(H,23,24)/p-1. The van der Waals surface area contributed by atoms with Crippen molar-refractivity contribution in [2.75, 3.05) is 6.54 Å². The van der Waals surface area contributed by atoms with E-state index < -0.39 is 17.1 Å². The molecule has 2 aliphatic heterocycles. The molecule has 3 rings (SSSR count). The van der Waals surface area contributed by atoms with Crippen molar-refractivity contribution in [1.82, 2.24) is 10.0 Å². The summed E-state index contributed by atoms with van der Waals surface area (Å²) in [5.74, 6) is -1.04. The molecule has 0 spiro atoms. The topological polar surface area (TPSA) is 106 Å². The van der Waals surface area contributed by atoms with Crippen molar-refractivity contribution in [3.8, 4) is 0 Å². The van der Waals surface area contributed by atoms with Gasteiger partial charge in [0.25, 0.3) is 0 Å². The maximum atomic E-state index is 13.9. The van der Waals surface area contributed by atoms with E-state index >= 15 is 0 Å². The van der Waals surface area contributed by atoms with Crippen molar-refractivity contribution in [3.05, 3.63) is 46.9 Å². The molecule has 132 valence electrons.